The van der Waals surface area contributed by atoms with Crippen LogP contribution in [0, 0.1) is 11.3 Å². The minimum Gasteiger partial charge on any atom is -0.496 e. The zero-order chi connectivity index (χ0) is 16.8. The number of methoxy groups -OCH3 is 2. The van der Waals surface area contributed by atoms with E-state index >= 15 is 0 Å². The lowest BCUT2D eigenvalue weighted by Gasteiger charge is -2.34. The van der Waals surface area contributed by atoms with Gasteiger partial charge in [0, 0.05) is 26.2 Å². The third-order valence-electron chi connectivity index (χ3n) is 3.79. The van der Waals surface area contributed by atoms with Gasteiger partial charge in [0.1, 0.15) is 23.5 Å². The number of benzene rings is 1. The molecule has 1 aliphatic heterocycles. The highest BCUT2D eigenvalue weighted by molar-refractivity contribution is 6.00. The molecule has 0 spiro atoms. The molecule has 0 unspecified atom stereocenters. The molecule has 0 saturated carbocycles. The Hall–Kier alpha value is -2.75. The van der Waals surface area contributed by atoms with Gasteiger partial charge in [0.05, 0.1) is 20.3 Å². The summed E-state index contributed by atoms with van der Waals surface area (Å²) in [4.78, 5) is 27.7. The van der Waals surface area contributed by atoms with Crippen LogP contribution in [0.4, 0.5) is 0 Å². The van der Waals surface area contributed by atoms with Crippen LogP contribution in [-0.4, -0.2) is 62.0 Å². The summed E-state index contributed by atoms with van der Waals surface area (Å²) in [5.74, 6) is 0.524. The van der Waals surface area contributed by atoms with Crippen molar-refractivity contribution in [3.8, 4) is 17.6 Å². The van der Waals surface area contributed by atoms with Gasteiger partial charge >= 0.3 is 0 Å². The van der Waals surface area contributed by atoms with Crippen molar-refractivity contribution < 1.29 is 19.1 Å². The number of rotatable bonds is 4. The fourth-order valence-corrected chi connectivity index (χ4v) is 2.56. The van der Waals surface area contributed by atoms with Gasteiger partial charge in [0.25, 0.3) is 5.91 Å². The number of nitriles is 1. The highest BCUT2D eigenvalue weighted by Crippen LogP contribution is 2.29. The Morgan fingerprint density at radius 1 is 1.09 bits per heavy atom. The highest BCUT2D eigenvalue weighted by Gasteiger charge is 2.28. The normalized spacial score (nSPS) is 14.1. The number of hydrogen-bond donors (Lipinski definition) is 0. The van der Waals surface area contributed by atoms with Crippen molar-refractivity contribution in [2.75, 3.05) is 40.4 Å². The summed E-state index contributed by atoms with van der Waals surface area (Å²) >= 11 is 0. The second-order valence-electron chi connectivity index (χ2n) is 5.05. The molecule has 1 saturated heterocycles. The molecule has 1 aromatic rings. The topological polar surface area (TPSA) is 82.9 Å². The average Bonchev–Trinajstić information content (AvgIpc) is 2.60. The maximum absolute atomic E-state index is 12.8. The minimum absolute atomic E-state index is 0.131. The molecule has 2 rings (SSSR count). The van der Waals surface area contributed by atoms with Crippen LogP contribution in [0.25, 0.3) is 0 Å². The van der Waals surface area contributed by atoms with Crippen LogP contribution < -0.4 is 9.47 Å². The molecule has 1 heterocycles. The summed E-state index contributed by atoms with van der Waals surface area (Å²) in [5, 5.41) is 8.58. The van der Waals surface area contributed by atoms with Gasteiger partial charge in [-0.05, 0) is 12.1 Å². The van der Waals surface area contributed by atoms with E-state index in [1.54, 1.807) is 28.0 Å². The standard InChI is InChI=1S/C16H19N3O4/c1-22-12-4-3-5-13(23-2)15(12)16(21)19-10-8-18(9-11-19)14(20)6-7-17/h3-5H,6,8-11H2,1-2H3. The molecule has 0 N–H and O–H groups in total. The van der Waals surface area contributed by atoms with Crippen LogP contribution in [0.15, 0.2) is 18.2 Å². The molecular formula is C16H19N3O4. The smallest absolute Gasteiger partial charge is 0.261 e. The van der Waals surface area contributed by atoms with Crippen molar-refractivity contribution in [2.45, 2.75) is 6.42 Å². The van der Waals surface area contributed by atoms with E-state index in [0.29, 0.717) is 43.2 Å². The molecule has 0 aromatic heterocycles. The van der Waals surface area contributed by atoms with E-state index in [1.807, 2.05) is 6.07 Å². The lowest BCUT2D eigenvalue weighted by molar-refractivity contribution is -0.131. The lowest BCUT2D eigenvalue weighted by Crippen LogP contribution is -2.50. The van der Waals surface area contributed by atoms with Crippen molar-refractivity contribution in [2.24, 2.45) is 0 Å². The number of piperazine rings is 1. The van der Waals surface area contributed by atoms with Gasteiger partial charge in [-0.3, -0.25) is 9.59 Å². The second kappa shape index (κ2) is 7.49. The van der Waals surface area contributed by atoms with Crippen LogP contribution >= 0.6 is 0 Å². The summed E-state index contributed by atoms with van der Waals surface area (Å²) in [7, 11) is 3.01. The predicted octanol–water partition coefficient (Wildman–Crippen LogP) is 0.902. The monoisotopic (exact) mass is 317 g/mol. The van der Waals surface area contributed by atoms with E-state index in [0.717, 1.165) is 0 Å². The third-order valence-corrected chi connectivity index (χ3v) is 3.79. The molecule has 1 fully saturated rings. The van der Waals surface area contributed by atoms with Crippen molar-refractivity contribution in [1.29, 1.82) is 5.26 Å². The first-order valence-corrected chi connectivity index (χ1v) is 7.27. The van der Waals surface area contributed by atoms with E-state index in [9.17, 15) is 9.59 Å². The number of nitrogens with zero attached hydrogens (tertiary/aromatic N) is 3. The SMILES string of the molecule is COc1cccc(OC)c1C(=O)N1CCN(C(=O)CC#N)CC1. The molecule has 0 atom stereocenters. The molecule has 122 valence electrons. The van der Waals surface area contributed by atoms with Crippen LogP contribution in [0.1, 0.15) is 16.8 Å². The number of carbonyl (C=O) groups is 2. The van der Waals surface area contributed by atoms with Crippen LogP contribution in [0.3, 0.4) is 0 Å². The highest BCUT2D eigenvalue weighted by atomic mass is 16.5. The molecule has 23 heavy (non-hydrogen) atoms. The Morgan fingerprint density at radius 3 is 2.09 bits per heavy atom. The van der Waals surface area contributed by atoms with Gasteiger partial charge in [-0.25, -0.2) is 0 Å². The molecule has 7 nitrogen and oxygen atoms in total. The predicted molar refractivity (Wildman–Crippen MR) is 82.3 cm³/mol. The van der Waals surface area contributed by atoms with Gasteiger partial charge in [0.2, 0.25) is 5.91 Å². The maximum Gasteiger partial charge on any atom is 0.261 e. The maximum atomic E-state index is 12.8. The van der Waals surface area contributed by atoms with E-state index in [1.165, 1.54) is 14.2 Å². The summed E-state index contributed by atoms with van der Waals surface area (Å²) in [6.45, 7) is 1.67. The molecule has 1 aromatic carbocycles. The Labute approximate surface area is 135 Å². The quantitative estimate of drug-likeness (QED) is 0.824. The molecular weight excluding hydrogens is 298 g/mol. The number of ether oxygens (including phenoxy) is 2. The summed E-state index contributed by atoms with van der Waals surface area (Å²) in [6.07, 6.45) is -0.131. The second-order valence-corrected chi connectivity index (χ2v) is 5.05. The van der Waals surface area contributed by atoms with Crippen LogP contribution in [0.2, 0.25) is 0 Å². The molecule has 7 heteroatoms. The molecule has 0 aliphatic carbocycles. The summed E-state index contributed by atoms with van der Waals surface area (Å²) < 4.78 is 10.5. The Morgan fingerprint density at radius 2 is 1.61 bits per heavy atom. The molecule has 1 aliphatic rings. The van der Waals surface area contributed by atoms with Gasteiger partial charge < -0.3 is 19.3 Å². The van der Waals surface area contributed by atoms with Crippen LogP contribution in [-0.2, 0) is 4.79 Å². The fraction of sp³-hybridized carbons (Fsp3) is 0.438. The summed E-state index contributed by atoms with van der Waals surface area (Å²) in [6, 6.07) is 7.03. The van der Waals surface area contributed by atoms with Crippen molar-refractivity contribution in [3.05, 3.63) is 23.8 Å². The molecule has 2 amide bonds. The Kier molecular flexibility index (Phi) is 5.41. The minimum atomic E-state index is -0.200. The van der Waals surface area contributed by atoms with E-state index < -0.39 is 0 Å². The first-order valence-electron chi connectivity index (χ1n) is 7.27. The number of carbonyl (C=O) groups excluding carboxylic acids is 2. The molecule has 0 bridgehead atoms. The van der Waals surface area contributed by atoms with Gasteiger partial charge in [0.15, 0.2) is 0 Å². The Balaban J connectivity index is 2.12. The lowest BCUT2D eigenvalue weighted by atomic mass is 10.1. The van der Waals surface area contributed by atoms with Gasteiger partial charge in [-0.1, -0.05) is 6.07 Å². The van der Waals surface area contributed by atoms with Crippen molar-refractivity contribution >= 4 is 11.8 Å². The zero-order valence-electron chi connectivity index (χ0n) is 13.2. The molecule has 0 radical (unpaired) electrons. The number of hydrogen-bond acceptors (Lipinski definition) is 5. The summed E-state index contributed by atoms with van der Waals surface area (Å²) in [5.41, 5.74) is 0.384. The third kappa shape index (κ3) is 3.54. The van der Waals surface area contributed by atoms with Crippen LogP contribution in [0.5, 0.6) is 11.5 Å². The first-order chi connectivity index (χ1) is 11.1. The van der Waals surface area contributed by atoms with E-state index in [-0.39, 0.29) is 18.2 Å². The number of amides is 2. The first kappa shape index (κ1) is 16.6. The largest absolute Gasteiger partial charge is 0.496 e. The fourth-order valence-electron chi connectivity index (χ4n) is 2.56. The zero-order valence-corrected chi connectivity index (χ0v) is 13.2. The van der Waals surface area contributed by atoms with Gasteiger partial charge in [-0.15, -0.1) is 0 Å². The van der Waals surface area contributed by atoms with Gasteiger partial charge in [-0.2, -0.15) is 5.26 Å². The van der Waals surface area contributed by atoms with E-state index in [4.69, 9.17) is 14.7 Å². The van der Waals surface area contributed by atoms with E-state index in [2.05, 4.69) is 0 Å². The Bertz CT molecular complexity index is 608. The average molecular weight is 317 g/mol. The van der Waals surface area contributed by atoms with Crippen molar-refractivity contribution in [3.63, 3.8) is 0 Å². The van der Waals surface area contributed by atoms with Crippen molar-refractivity contribution in [1.82, 2.24) is 9.80 Å².